The zero-order valence-electron chi connectivity index (χ0n) is 10.2. The molecule has 0 fully saturated rings. The third kappa shape index (κ3) is 2.83. The van der Waals surface area contributed by atoms with E-state index in [9.17, 15) is 0 Å². The van der Waals surface area contributed by atoms with Gasteiger partial charge in [0.2, 0.25) is 0 Å². The van der Waals surface area contributed by atoms with Crippen LogP contribution in [-0.4, -0.2) is 20.6 Å². The van der Waals surface area contributed by atoms with E-state index < -0.39 is 0 Å². The number of fused-ring (bicyclic) bond motifs is 1. The molecule has 16 heavy (non-hydrogen) atoms. The van der Waals surface area contributed by atoms with Gasteiger partial charge in [0.15, 0.2) is 0 Å². The highest BCUT2D eigenvalue weighted by molar-refractivity contribution is 5.82. The summed E-state index contributed by atoms with van der Waals surface area (Å²) in [6.07, 6.45) is 2.46. The Morgan fingerprint density at radius 3 is 2.44 bits per heavy atom. The molecule has 0 bridgehead atoms. The van der Waals surface area contributed by atoms with Gasteiger partial charge >= 0.3 is 0 Å². The van der Waals surface area contributed by atoms with Crippen LogP contribution in [0.15, 0.2) is 42.5 Å². The van der Waals surface area contributed by atoms with E-state index in [1.54, 1.807) is 0 Å². The molecule has 1 nitrogen and oxygen atoms in total. The predicted octanol–water partition coefficient (Wildman–Crippen LogP) is 1.92. The molecule has 0 aliphatic carbocycles. The topological polar surface area (TPSA) is 4.44 Å². The molecular formula is C15H20N+. The van der Waals surface area contributed by atoms with E-state index in [0.717, 1.165) is 0 Å². The monoisotopic (exact) mass is 214 g/mol. The fourth-order valence-corrected chi connectivity index (χ4v) is 2.04. The summed E-state index contributed by atoms with van der Waals surface area (Å²) in [4.78, 5) is 1.53. The van der Waals surface area contributed by atoms with Crippen LogP contribution in [0.1, 0.15) is 12.0 Å². The van der Waals surface area contributed by atoms with Crippen molar-refractivity contribution < 1.29 is 4.90 Å². The quantitative estimate of drug-likeness (QED) is 0.793. The minimum absolute atomic E-state index is 1.19. The Morgan fingerprint density at radius 2 is 1.69 bits per heavy atom. The summed E-state index contributed by atoms with van der Waals surface area (Å²) in [5, 5.41) is 2.70. The molecule has 0 saturated carbocycles. The summed E-state index contributed by atoms with van der Waals surface area (Å²) in [6, 6.07) is 15.4. The maximum absolute atomic E-state index is 2.32. The molecule has 2 aromatic rings. The Bertz CT molecular complexity index is 460. The van der Waals surface area contributed by atoms with Crippen molar-refractivity contribution in [2.75, 3.05) is 20.6 Å². The summed E-state index contributed by atoms with van der Waals surface area (Å²) in [5.41, 5.74) is 1.46. The standard InChI is InChI=1S/C15H19N/c1-16(2)11-5-6-13-9-10-14-7-3-4-8-15(14)12-13/h3-4,7-10,12H,5-6,11H2,1-2H3/p+1. The molecule has 2 rings (SSSR count). The highest BCUT2D eigenvalue weighted by Crippen LogP contribution is 2.16. The lowest BCUT2D eigenvalue weighted by Crippen LogP contribution is -3.05. The number of aryl methyl sites for hydroxylation is 1. The summed E-state index contributed by atoms with van der Waals surface area (Å²) >= 11 is 0. The minimum Gasteiger partial charge on any atom is -0.340 e. The first-order valence-corrected chi connectivity index (χ1v) is 6.02. The smallest absolute Gasteiger partial charge is 0.0770 e. The molecular weight excluding hydrogens is 194 g/mol. The third-order valence-electron chi connectivity index (χ3n) is 2.96. The normalized spacial score (nSPS) is 11.2. The minimum atomic E-state index is 1.19. The maximum Gasteiger partial charge on any atom is 0.0770 e. The number of quaternary nitrogens is 1. The van der Waals surface area contributed by atoms with Crippen LogP contribution in [0.2, 0.25) is 0 Å². The average Bonchev–Trinajstić information content (AvgIpc) is 2.28. The Kier molecular flexibility index (Phi) is 3.58. The van der Waals surface area contributed by atoms with Crippen molar-refractivity contribution in [1.29, 1.82) is 0 Å². The number of hydrogen-bond donors (Lipinski definition) is 1. The first kappa shape index (κ1) is 11.2. The van der Waals surface area contributed by atoms with Gasteiger partial charge in [0.05, 0.1) is 20.6 Å². The van der Waals surface area contributed by atoms with Gasteiger partial charge in [-0.25, -0.2) is 0 Å². The molecule has 0 atom stereocenters. The van der Waals surface area contributed by atoms with Crippen LogP contribution >= 0.6 is 0 Å². The van der Waals surface area contributed by atoms with Gasteiger partial charge in [-0.15, -0.1) is 0 Å². The summed E-state index contributed by atoms with van der Waals surface area (Å²) in [6.45, 7) is 1.24. The van der Waals surface area contributed by atoms with Gasteiger partial charge in [0.25, 0.3) is 0 Å². The van der Waals surface area contributed by atoms with Gasteiger partial charge in [-0.1, -0.05) is 42.5 Å². The van der Waals surface area contributed by atoms with Crippen molar-refractivity contribution >= 4 is 10.8 Å². The van der Waals surface area contributed by atoms with E-state index >= 15 is 0 Å². The molecule has 2 aromatic carbocycles. The van der Waals surface area contributed by atoms with Crippen molar-refractivity contribution in [3.8, 4) is 0 Å². The van der Waals surface area contributed by atoms with Gasteiger partial charge < -0.3 is 4.90 Å². The number of hydrogen-bond acceptors (Lipinski definition) is 0. The molecule has 0 spiro atoms. The number of nitrogens with one attached hydrogen (secondary N) is 1. The Hall–Kier alpha value is -1.34. The van der Waals surface area contributed by atoms with Crippen molar-refractivity contribution in [2.45, 2.75) is 12.8 Å². The molecule has 0 aromatic heterocycles. The van der Waals surface area contributed by atoms with Crippen molar-refractivity contribution in [2.24, 2.45) is 0 Å². The van der Waals surface area contributed by atoms with Gasteiger partial charge in [0.1, 0.15) is 0 Å². The van der Waals surface area contributed by atoms with E-state index in [1.807, 2.05) is 0 Å². The molecule has 1 heteroatoms. The second-order valence-electron chi connectivity index (χ2n) is 4.74. The lowest BCUT2D eigenvalue weighted by Gasteiger charge is -2.07. The largest absolute Gasteiger partial charge is 0.340 e. The molecule has 0 amide bonds. The van der Waals surface area contributed by atoms with E-state index in [1.165, 1.54) is 40.6 Å². The fraction of sp³-hybridized carbons (Fsp3) is 0.333. The van der Waals surface area contributed by atoms with Crippen LogP contribution in [0, 0.1) is 0 Å². The lowest BCUT2D eigenvalue weighted by atomic mass is 10.0. The van der Waals surface area contributed by atoms with Crippen LogP contribution in [-0.2, 0) is 6.42 Å². The first-order valence-electron chi connectivity index (χ1n) is 6.02. The summed E-state index contributed by atoms with van der Waals surface area (Å²) < 4.78 is 0. The summed E-state index contributed by atoms with van der Waals surface area (Å²) in [5.74, 6) is 0. The predicted molar refractivity (Wildman–Crippen MR) is 69.9 cm³/mol. The first-order chi connectivity index (χ1) is 7.75. The molecule has 84 valence electrons. The Labute approximate surface area is 97.7 Å². The molecule has 0 aliphatic rings. The van der Waals surface area contributed by atoms with Crippen molar-refractivity contribution in [3.63, 3.8) is 0 Å². The van der Waals surface area contributed by atoms with E-state index in [2.05, 4.69) is 56.6 Å². The second-order valence-corrected chi connectivity index (χ2v) is 4.74. The Balaban J connectivity index is 2.08. The Morgan fingerprint density at radius 1 is 0.938 bits per heavy atom. The van der Waals surface area contributed by atoms with E-state index in [4.69, 9.17) is 0 Å². The zero-order chi connectivity index (χ0) is 11.4. The SMILES string of the molecule is C[NH+](C)CCCc1ccc2ccccc2c1. The van der Waals surface area contributed by atoms with Crippen molar-refractivity contribution in [3.05, 3.63) is 48.0 Å². The lowest BCUT2D eigenvalue weighted by molar-refractivity contribution is -0.858. The van der Waals surface area contributed by atoms with E-state index in [0.29, 0.717) is 0 Å². The zero-order valence-corrected chi connectivity index (χ0v) is 10.2. The second kappa shape index (κ2) is 5.13. The van der Waals surface area contributed by atoms with Crippen LogP contribution < -0.4 is 4.90 Å². The maximum atomic E-state index is 2.32. The number of rotatable bonds is 4. The average molecular weight is 214 g/mol. The molecule has 1 N–H and O–H groups in total. The molecule has 0 unspecified atom stereocenters. The third-order valence-corrected chi connectivity index (χ3v) is 2.96. The van der Waals surface area contributed by atoms with Crippen LogP contribution in [0.5, 0.6) is 0 Å². The number of benzene rings is 2. The highest BCUT2D eigenvalue weighted by Gasteiger charge is 1.98. The van der Waals surface area contributed by atoms with Gasteiger partial charge in [-0.3, -0.25) is 0 Å². The van der Waals surface area contributed by atoms with Crippen LogP contribution in [0.3, 0.4) is 0 Å². The fourth-order valence-electron chi connectivity index (χ4n) is 2.04. The van der Waals surface area contributed by atoms with Gasteiger partial charge in [-0.2, -0.15) is 0 Å². The molecule has 0 aliphatic heterocycles. The highest BCUT2D eigenvalue weighted by atomic mass is 15.0. The van der Waals surface area contributed by atoms with Crippen molar-refractivity contribution in [1.82, 2.24) is 0 Å². The van der Waals surface area contributed by atoms with E-state index in [-0.39, 0.29) is 0 Å². The molecule has 0 saturated heterocycles. The molecule has 0 heterocycles. The van der Waals surface area contributed by atoms with Gasteiger partial charge in [-0.05, 0) is 22.8 Å². The van der Waals surface area contributed by atoms with Crippen LogP contribution in [0.25, 0.3) is 10.8 Å². The summed E-state index contributed by atoms with van der Waals surface area (Å²) in [7, 11) is 4.42. The van der Waals surface area contributed by atoms with Crippen LogP contribution in [0.4, 0.5) is 0 Å². The van der Waals surface area contributed by atoms with Gasteiger partial charge in [0, 0.05) is 6.42 Å². The molecule has 0 radical (unpaired) electrons.